The van der Waals surface area contributed by atoms with E-state index in [1.165, 1.54) is 37.1 Å². The zero-order valence-electron chi connectivity index (χ0n) is 14.3. The lowest BCUT2D eigenvalue weighted by atomic mass is 9.98. The van der Waals surface area contributed by atoms with Crippen molar-refractivity contribution in [3.05, 3.63) is 30.1 Å². The molecule has 1 aromatic carbocycles. The van der Waals surface area contributed by atoms with Crippen molar-refractivity contribution in [2.24, 2.45) is 5.92 Å². The zero-order valence-corrected chi connectivity index (χ0v) is 14.3. The molecule has 0 N–H and O–H groups in total. The smallest absolute Gasteiger partial charge is 0.260 e. The van der Waals surface area contributed by atoms with Crippen LogP contribution in [0, 0.1) is 11.7 Å². The van der Waals surface area contributed by atoms with Crippen molar-refractivity contribution in [2.75, 3.05) is 32.9 Å². The Bertz CT molecular complexity index is 618. The van der Waals surface area contributed by atoms with Gasteiger partial charge in [0.2, 0.25) is 0 Å². The summed E-state index contributed by atoms with van der Waals surface area (Å²) in [5.74, 6) is 0.861. The standard InChI is InChI=1S/C19H24FNO4/c20-15-3-5-16(6-4-15)24-12-18(22)21-8-7-19(13-21)9-17(11-25-19)23-10-14-1-2-14/h3-6,14,17H,1-2,7-13H2/t17-,19-/m0/s1. The number of halogens is 1. The highest BCUT2D eigenvalue weighted by atomic mass is 19.1. The maximum Gasteiger partial charge on any atom is 0.260 e. The lowest BCUT2D eigenvalue weighted by molar-refractivity contribution is -0.133. The third-order valence-corrected chi connectivity index (χ3v) is 5.28. The van der Waals surface area contributed by atoms with Crippen LogP contribution in [0.5, 0.6) is 5.75 Å². The van der Waals surface area contributed by atoms with E-state index >= 15 is 0 Å². The number of hydrogen-bond acceptors (Lipinski definition) is 4. The quantitative estimate of drug-likeness (QED) is 0.791. The third kappa shape index (κ3) is 4.12. The van der Waals surface area contributed by atoms with Crippen LogP contribution in [-0.2, 0) is 14.3 Å². The number of rotatable bonds is 6. The number of carbonyl (C=O) groups is 1. The van der Waals surface area contributed by atoms with Crippen LogP contribution in [0.4, 0.5) is 4.39 Å². The second kappa shape index (κ2) is 6.92. The molecule has 2 aliphatic heterocycles. The predicted octanol–water partition coefficient (Wildman–Crippen LogP) is 2.39. The first-order chi connectivity index (χ1) is 12.1. The fraction of sp³-hybridized carbons (Fsp3) is 0.632. The molecule has 5 nitrogen and oxygen atoms in total. The number of hydrogen-bond donors (Lipinski definition) is 0. The van der Waals surface area contributed by atoms with E-state index in [-0.39, 0.29) is 30.0 Å². The fourth-order valence-corrected chi connectivity index (χ4v) is 3.58. The lowest BCUT2D eigenvalue weighted by Gasteiger charge is -2.23. The van der Waals surface area contributed by atoms with E-state index in [4.69, 9.17) is 14.2 Å². The summed E-state index contributed by atoms with van der Waals surface area (Å²) < 4.78 is 30.3. The zero-order chi connectivity index (χ0) is 17.3. The van der Waals surface area contributed by atoms with E-state index in [0.29, 0.717) is 25.4 Å². The minimum atomic E-state index is -0.322. The van der Waals surface area contributed by atoms with E-state index in [1.54, 1.807) is 4.90 Å². The van der Waals surface area contributed by atoms with Gasteiger partial charge in [-0.1, -0.05) is 0 Å². The normalized spacial score (nSPS) is 28.7. The molecule has 6 heteroatoms. The van der Waals surface area contributed by atoms with Crippen molar-refractivity contribution < 1.29 is 23.4 Å². The summed E-state index contributed by atoms with van der Waals surface area (Å²) in [6.45, 7) is 2.71. The van der Waals surface area contributed by atoms with Crippen LogP contribution in [0.25, 0.3) is 0 Å². The van der Waals surface area contributed by atoms with Gasteiger partial charge in [0.25, 0.3) is 5.91 Å². The number of nitrogens with zero attached hydrogens (tertiary/aromatic N) is 1. The summed E-state index contributed by atoms with van der Waals surface area (Å²) in [6, 6.07) is 5.68. The fourth-order valence-electron chi connectivity index (χ4n) is 3.58. The van der Waals surface area contributed by atoms with Crippen LogP contribution in [0.15, 0.2) is 24.3 Å². The molecule has 1 saturated carbocycles. The first-order valence-corrected chi connectivity index (χ1v) is 9.04. The maximum atomic E-state index is 12.9. The second-order valence-electron chi connectivity index (χ2n) is 7.40. The first kappa shape index (κ1) is 16.8. The average molecular weight is 349 g/mol. The number of likely N-dealkylation sites (tertiary alicyclic amines) is 1. The molecular weight excluding hydrogens is 325 g/mol. The van der Waals surface area contributed by atoms with Gasteiger partial charge in [-0.25, -0.2) is 4.39 Å². The molecule has 25 heavy (non-hydrogen) atoms. The van der Waals surface area contributed by atoms with Crippen molar-refractivity contribution in [2.45, 2.75) is 37.4 Å². The molecule has 1 aliphatic carbocycles. The molecule has 0 radical (unpaired) electrons. The van der Waals surface area contributed by atoms with Gasteiger partial charge in [-0.3, -0.25) is 4.79 Å². The largest absolute Gasteiger partial charge is 0.484 e. The van der Waals surface area contributed by atoms with Gasteiger partial charge in [0, 0.05) is 26.1 Å². The van der Waals surface area contributed by atoms with Gasteiger partial charge in [-0.05, 0) is 49.4 Å². The molecule has 2 saturated heterocycles. The van der Waals surface area contributed by atoms with Crippen LogP contribution in [-0.4, -0.2) is 55.4 Å². The van der Waals surface area contributed by atoms with Crippen LogP contribution in [0.3, 0.4) is 0 Å². The van der Waals surface area contributed by atoms with Crippen LogP contribution in [0.2, 0.25) is 0 Å². The van der Waals surface area contributed by atoms with Crippen LogP contribution < -0.4 is 4.74 Å². The van der Waals surface area contributed by atoms with E-state index in [2.05, 4.69) is 0 Å². The van der Waals surface area contributed by atoms with Gasteiger partial charge in [-0.2, -0.15) is 0 Å². The topological polar surface area (TPSA) is 48.0 Å². The van der Waals surface area contributed by atoms with Crippen molar-refractivity contribution in [1.29, 1.82) is 0 Å². The van der Waals surface area contributed by atoms with Gasteiger partial charge in [0.05, 0.1) is 18.3 Å². The molecule has 0 aromatic heterocycles. The summed E-state index contributed by atoms with van der Waals surface area (Å²) in [6.07, 6.45) is 4.44. The van der Waals surface area contributed by atoms with E-state index in [9.17, 15) is 9.18 Å². The van der Waals surface area contributed by atoms with E-state index in [1.807, 2.05) is 0 Å². The molecule has 2 atom stereocenters. The van der Waals surface area contributed by atoms with Gasteiger partial charge in [0.15, 0.2) is 6.61 Å². The minimum absolute atomic E-state index is 0.0384. The molecule has 1 aromatic rings. The van der Waals surface area contributed by atoms with E-state index in [0.717, 1.165) is 25.4 Å². The summed E-state index contributed by atoms with van der Waals surface area (Å²) in [4.78, 5) is 14.2. The Morgan fingerprint density at radius 3 is 2.88 bits per heavy atom. The Morgan fingerprint density at radius 2 is 2.12 bits per heavy atom. The highest BCUT2D eigenvalue weighted by molar-refractivity contribution is 5.78. The van der Waals surface area contributed by atoms with Crippen molar-refractivity contribution in [3.8, 4) is 5.75 Å². The average Bonchev–Trinajstić information content (AvgIpc) is 3.23. The maximum absolute atomic E-state index is 12.9. The number of carbonyl (C=O) groups excluding carboxylic acids is 1. The second-order valence-corrected chi connectivity index (χ2v) is 7.40. The molecule has 136 valence electrons. The number of ether oxygens (including phenoxy) is 3. The molecule has 4 rings (SSSR count). The van der Waals surface area contributed by atoms with Crippen molar-refractivity contribution >= 4 is 5.91 Å². The predicted molar refractivity (Wildman–Crippen MR) is 88.9 cm³/mol. The molecule has 1 spiro atoms. The van der Waals surface area contributed by atoms with Gasteiger partial charge in [-0.15, -0.1) is 0 Å². The summed E-state index contributed by atoms with van der Waals surface area (Å²) in [5.41, 5.74) is -0.250. The Hall–Kier alpha value is -1.66. The summed E-state index contributed by atoms with van der Waals surface area (Å²) >= 11 is 0. The van der Waals surface area contributed by atoms with E-state index < -0.39 is 0 Å². The SMILES string of the molecule is O=C(COc1ccc(F)cc1)N1CC[C@]2(C[C@H](OCC3CC3)CO2)C1. The summed E-state index contributed by atoms with van der Waals surface area (Å²) in [7, 11) is 0. The Morgan fingerprint density at radius 1 is 1.32 bits per heavy atom. The lowest BCUT2D eigenvalue weighted by Crippen LogP contribution is -2.38. The molecule has 3 aliphatic rings. The Kier molecular flexibility index (Phi) is 4.65. The third-order valence-electron chi connectivity index (χ3n) is 5.28. The van der Waals surface area contributed by atoms with Crippen molar-refractivity contribution in [1.82, 2.24) is 4.90 Å². The van der Waals surface area contributed by atoms with Gasteiger partial charge in [0.1, 0.15) is 11.6 Å². The Balaban J connectivity index is 1.24. The number of benzene rings is 1. The monoisotopic (exact) mass is 349 g/mol. The molecule has 0 bridgehead atoms. The minimum Gasteiger partial charge on any atom is -0.484 e. The van der Waals surface area contributed by atoms with Gasteiger partial charge < -0.3 is 19.1 Å². The highest BCUT2D eigenvalue weighted by Crippen LogP contribution is 2.37. The number of amides is 1. The molecule has 2 heterocycles. The summed E-state index contributed by atoms with van der Waals surface area (Å²) in [5, 5.41) is 0. The van der Waals surface area contributed by atoms with Crippen LogP contribution >= 0.6 is 0 Å². The first-order valence-electron chi connectivity index (χ1n) is 9.04. The Labute approximate surface area is 147 Å². The molecular formula is C19H24FNO4. The van der Waals surface area contributed by atoms with Crippen molar-refractivity contribution in [3.63, 3.8) is 0 Å². The molecule has 3 fully saturated rings. The van der Waals surface area contributed by atoms with Crippen LogP contribution in [0.1, 0.15) is 25.7 Å². The van der Waals surface area contributed by atoms with Gasteiger partial charge >= 0.3 is 0 Å². The molecule has 0 unspecified atom stereocenters. The highest BCUT2D eigenvalue weighted by Gasteiger charge is 2.47. The molecule has 1 amide bonds.